The summed E-state index contributed by atoms with van der Waals surface area (Å²) in [7, 11) is 0. The van der Waals surface area contributed by atoms with Gasteiger partial charge in [0, 0.05) is 6.61 Å². The van der Waals surface area contributed by atoms with Crippen LogP contribution < -0.4 is 0 Å². The lowest BCUT2D eigenvalue weighted by Gasteiger charge is -2.33. The largest absolute Gasteiger partial charge is 0.377 e. The maximum atomic E-state index is 5.88. The second kappa shape index (κ2) is 3.78. The first-order valence-electron chi connectivity index (χ1n) is 5.13. The van der Waals surface area contributed by atoms with E-state index in [1.807, 2.05) is 0 Å². The van der Waals surface area contributed by atoms with Gasteiger partial charge in [0.1, 0.15) is 0 Å². The van der Waals surface area contributed by atoms with Crippen LogP contribution in [0.5, 0.6) is 0 Å². The van der Waals surface area contributed by atoms with Crippen molar-refractivity contribution in [3.05, 3.63) is 0 Å². The third-order valence-corrected chi connectivity index (χ3v) is 2.72. The molecule has 0 N–H and O–H groups in total. The van der Waals surface area contributed by atoms with Gasteiger partial charge in [0.25, 0.3) is 0 Å². The van der Waals surface area contributed by atoms with Gasteiger partial charge in [-0.1, -0.05) is 34.1 Å². The Balaban J connectivity index is 2.59. The molecule has 1 nitrogen and oxygen atoms in total. The van der Waals surface area contributed by atoms with Crippen molar-refractivity contribution in [2.24, 2.45) is 11.3 Å². The molecular weight excluding hydrogens is 148 g/mol. The average Bonchev–Trinajstić information content (AvgIpc) is 2.11. The van der Waals surface area contributed by atoms with Crippen molar-refractivity contribution >= 4 is 0 Å². The molecular formula is C11H22O. The minimum absolute atomic E-state index is 0.309. The van der Waals surface area contributed by atoms with E-state index in [0.717, 1.165) is 12.5 Å². The minimum atomic E-state index is 0.309. The standard InChI is InChI=1S/C11H22O/c1-9-7-5-6-8-12-10(9)11(2,3)4/h9-10H,5-8H2,1-4H3/t9-,10+/m1/s1. The molecule has 1 fully saturated rings. The highest BCUT2D eigenvalue weighted by atomic mass is 16.5. The van der Waals surface area contributed by atoms with Gasteiger partial charge in [-0.2, -0.15) is 0 Å². The summed E-state index contributed by atoms with van der Waals surface area (Å²) in [6.07, 6.45) is 4.38. The van der Waals surface area contributed by atoms with Crippen LogP contribution in [0.3, 0.4) is 0 Å². The molecule has 0 unspecified atom stereocenters. The maximum absolute atomic E-state index is 5.88. The van der Waals surface area contributed by atoms with Gasteiger partial charge in [0.2, 0.25) is 0 Å². The van der Waals surface area contributed by atoms with Crippen molar-refractivity contribution in [3.63, 3.8) is 0 Å². The van der Waals surface area contributed by atoms with Crippen molar-refractivity contribution < 1.29 is 4.74 Å². The fourth-order valence-electron chi connectivity index (χ4n) is 2.20. The molecule has 2 atom stereocenters. The van der Waals surface area contributed by atoms with E-state index in [9.17, 15) is 0 Å². The second-order valence-electron chi connectivity index (χ2n) is 5.13. The Morgan fingerprint density at radius 2 is 1.83 bits per heavy atom. The fourth-order valence-corrected chi connectivity index (χ4v) is 2.20. The molecule has 0 aromatic rings. The van der Waals surface area contributed by atoms with E-state index in [0.29, 0.717) is 11.5 Å². The van der Waals surface area contributed by atoms with Crippen molar-refractivity contribution in [2.75, 3.05) is 6.61 Å². The molecule has 1 aliphatic heterocycles. The summed E-state index contributed by atoms with van der Waals surface area (Å²) in [6.45, 7) is 10.1. The summed E-state index contributed by atoms with van der Waals surface area (Å²) >= 11 is 0. The van der Waals surface area contributed by atoms with Gasteiger partial charge in [-0.05, 0) is 24.2 Å². The highest BCUT2D eigenvalue weighted by Gasteiger charge is 2.31. The van der Waals surface area contributed by atoms with E-state index in [-0.39, 0.29) is 0 Å². The van der Waals surface area contributed by atoms with Gasteiger partial charge in [-0.3, -0.25) is 0 Å². The first-order valence-corrected chi connectivity index (χ1v) is 5.13. The Kier molecular flexibility index (Phi) is 3.16. The minimum Gasteiger partial charge on any atom is -0.377 e. The van der Waals surface area contributed by atoms with Crippen LogP contribution in [0.25, 0.3) is 0 Å². The third-order valence-electron chi connectivity index (χ3n) is 2.72. The van der Waals surface area contributed by atoms with Crippen LogP contribution in [0.1, 0.15) is 47.0 Å². The molecule has 1 heteroatoms. The highest BCUT2D eigenvalue weighted by molar-refractivity contribution is 4.80. The molecule has 0 amide bonds. The van der Waals surface area contributed by atoms with Gasteiger partial charge in [-0.15, -0.1) is 0 Å². The van der Waals surface area contributed by atoms with Crippen LogP contribution in [0.2, 0.25) is 0 Å². The first-order chi connectivity index (χ1) is 5.52. The molecule has 0 radical (unpaired) electrons. The number of hydrogen-bond acceptors (Lipinski definition) is 1. The highest BCUT2D eigenvalue weighted by Crippen LogP contribution is 2.32. The maximum Gasteiger partial charge on any atom is 0.0648 e. The molecule has 0 spiro atoms. The summed E-state index contributed by atoms with van der Waals surface area (Å²) in [4.78, 5) is 0. The zero-order valence-corrected chi connectivity index (χ0v) is 8.89. The van der Waals surface area contributed by atoms with E-state index < -0.39 is 0 Å². The van der Waals surface area contributed by atoms with Crippen molar-refractivity contribution in [1.29, 1.82) is 0 Å². The monoisotopic (exact) mass is 170 g/mol. The molecule has 0 aromatic heterocycles. The Hall–Kier alpha value is -0.0400. The lowest BCUT2D eigenvalue weighted by atomic mass is 9.80. The predicted molar refractivity (Wildman–Crippen MR) is 52.2 cm³/mol. The van der Waals surface area contributed by atoms with Crippen LogP contribution in [0.4, 0.5) is 0 Å². The Bertz CT molecular complexity index is 134. The SMILES string of the molecule is C[C@@H]1CCCCO[C@@H]1C(C)(C)C. The second-order valence-corrected chi connectivity index (χ2v) is 5.13. The molecule has 0 bridgehead atoms. The van der Waals surface area contributed by atoms with Crippen molar-refractivity contribution in [2.45, 2.75) is 53.1 Å². The van der Waals surface area contributed by atoms with Gasteiger partial charge in [0.15, 0.2) is 0 Å². The third kappa shape index (κ3) is 2.48. The van der Waals surface area contributed by atoms with Gasteiger partial charge >= 0.3 is 0 Å². The first kappa shape index (κ1) is 10.0. The number of hydrogen-bond donors (Lipinski definition) is 0. The summed E-state index contributed by atoms with van der Waals surface area (Å²) in [6, 6.07) is 0. The average molecular weight is 170 g/mol. The smallest absolute Gasteiger partial charge is 0.0648 e. The van der Waals surface area contributed by atoms with E-state index in [4.69, 9.17) is 4.74 Å². The molecule has 1 heterocycles. The molecule has 0 aliphatic carbocycles. The Morgan fingerprint density at radius 3 is 2.42 bits per heavy atom. The summed E-state index contributed by atoms with van der Waals surface area (Å²) in [5.74, 6) is 0.729. The quantitative estimate of drug-likeness (QED) is 0.542. The number of ether oxygens (including phenoxy) is 1. The van der Waals surface area contributed by atoms with Crippen LogP contribution >= 0.6 is 0 Å². The van der Waals surface area contributed by atoms with E-state index in [1.54, 1.807) is 0 Å². The Labute approximate surface area is 76.5 Å². The van der Waals surface area contributed by atoms with Crippen LogP contribution in [-0.4, -0.2) is 12.7 Å². The number of rotatable bonds is 0. The molecule has 0 aromatic carbocycles. The van der Waals surface area contributed by atoms with E-state index in [1.165, 1.54) is 19.3 Å². The fraction of sp³-hybridized carbons (Fsp3) is 1.00. The van der Waals surface area contributed by atoms with Crippen LogP contribution in [0.15, 0.2) is 0 Å². The molecule has 72 valence electrons. The zero-order chi connectivity index (χ0) is 9.19. The summed E-state index contributed by atoms with van der Waals surface area (Å²) in [5, 5.41) is 0. The lowest BCUT2D eigenvalue weighted by molar-refractivity contribution is -0.0405. The van der Waals surface area contributed by atoms with Gasteiger partial charge in [0.05, 0.1) is 6.10 Å². The van der Waals surface area contributed by atoms with Crippen LogP contribution in [-0.2, 0) is 4.74 Å². The normalized spacial score (nSPS) is 33.0. The van der Waals surface area contributed by atoms with Crippen molar-refractivity contribution in [3.8, 4) is 0 Å². The zero-order valence-electron chi connectivity index (χ0n) is 8.89. The molecule has 12 heavy (non-hydrogen) atoms. The van der Waals surface area contributed by atoms with Gasteiger partial charge < -0.3 is 4.74 Å². The molecule has 1 saturated heterocycles. The van der Waals surface area contributed by atoms with E-state index >= 15 is 0 Å². The summed E-state index contributed by atoms with van der Waals surface area (Å²) < 4.78 is 5.88. The lowest BCUT2D eigenvalue weighted by Crippen LogP contribution is -2.34. The molecule has 1 rings (SSSR count). The summed E-state index contributed by atoms with van der Waals surface area (Å²) in [5.41, 5.74) is 0.309. The topological polar surface area (TPSA) is 9.23 Å². The molecule has 0 saturated carbocycles. The van der Waals surface area contributed by atoms with E-state index in [2.05, 4.69) is 27.7 Å². The van der Waals surface area contributed by atoms with Crippen molar-refractivity contribution in [1.82, 2.24) is 0 Å². The Morgan fingerprint density at radius 1 is 1.17 bits per heavy atom. The predicted octanol–water partition coefficient (Wildman–Crippen LogP) is 3.24. The van der Waals surface area contributed by atoms with Crippen LogP contribution in [0, 0.1) is 11.3 Å². The molecule has 1 aliphatic rings. The van der Waals surface area contributed by atoms with Gasteiger partial charge in [-0.25, -0.2) is 0 Å².